The van der Waals surface area contributed by atoms with E-state index in [1.165, 1.54) is 18.2 Å². The highest BCUT2D eigenvalue weighted by atomic mass is 35.5. The van der Waals surface area contributed by atoms with Crippen LogP contribution in [0.4, 0.5) is 11.4 Å². The Kier molecular flexibility index (Phi) is 7.09. The number of halogens is 1. The van der Waals surface area contributed by atoms with E-state index in [0.29, 0.717) is 11.5 Å². The molecule has 0 aliphatic carbocycles. The molecule has 2 aromatic carbocycles. The molecule has 0 fully saturated rings. The highest BCUT2D eigenvalue weighted by Gasteiger charge is 2.14. The van der Waals surface area contributed by atoms with Crippen molar-refractivity contribution in [3.63, 3.8) is 0 Å². The maximum absolute atomic E-state index is 12.1. The van der Waals surface area contributed by atoms with Crippen LogP contribution in [0.15, 0.2) is 52.1 Å². The van der Waals surface area contributed by atoms with Crippen molar-refractivity contribution in [3.05, 3.63) is 63.5 Å². The van der Waals surface area contributed by atoms with E-state index in [4.69, 9.17) is 25.5 Å². The Labute approximate surface area is 179 Å². The van der Waals surface area contributed by atoms with Gasteiger partial charge in [-0.15, -0.1) is 10.2 Å². The fourth-order valence-electron chi connectivity index (χ4n) is 2.23. The monoisotopic (exact) mass is 450 g/mol. The van der Waals surface area contributed by atoms with Gasteiger partial charge in [-0.25, -0.2) is 0 Å². The van der Waals surface area contributed by atoms with Crippen LogP contribution in [0.2, 0.25) is 5.02 Å². The highest BCUT2D eigenvalue weighted by molar-refractivity contribution is 7.99. The molecule has 156 valence electrons. The zero-order chi connectivity index (χ0) is 21.5. The molecule has 1 heterocycles. The van der Waals surface area contributed by atoms with Gasteiger partial charge in [0.05, 0.1) is 28.5 Å². The number of rotatable bonds is 9. The first-order valence-electron chi connectivity index (χ1n) is 8.40. The maximum atomic E-state index is 12.1. The quantitative estimate of drug-likeness (QED) is 0.292. The third-order valence-electron chi connectivity index (χ3n) is 3.61. The van der Waals surface area contributed by atoms with Gasteiger partial charge in [-0.05, 0) is 18.2 Å². The molecule has 0 unspecified atom stereocenters. The molecule has 0 bridgehead atoms. The summed E-state index contributed by atoms with van der Waals surface area (Å²) < 4.78 is 16.1. The Balaban J connectivity index is 1.51. The molecule has 3 aromatic rings. The minimum Gasteiger partial charge on any atom is -0.497 e. The number of nitrogens with zero attached hydrogens (tertiary/aromatic N) is 3. The van der Waals surface area contributed by atoms with Gasteiger partial charge in [-0.2, -0.15) is 0 Å². The van der Waals surface area contributed by atoms with E-state index in [2.05, 4.69) is 15.5 Å². The number of nitro groups is 1. The largest absolute Gasteiger partial charge is 0.497 e. The fraction of sp³-hybridized carbons (Fsp3) is 0.167. The van der Waals surface area contributed by atoms with Gasteiger partial charge in [0.2, 0.25) is 5.91 Å². The summed E-state index contributed by atoms with van der Waals surface area (Å²) in [6, 6.07) is 10.8. The minimum atomic E-state index is -0.575. The molecule has 1 amide bonds. The summed E-state index contributed by atoms with van der Waals surface area (Å²) in [6.45, 7) is 0.0518. The van der Waals surface area contributed by atoms with Crippen LogP contribution in [0, 0.1) is 10.1 Å². The second kappa shape index (κ2) is 9.94. The van der Waals surface area contributed by atoms with Crippen LogP contribution in [0.25, 0.3) is 0 Å². The van der Waals surface area contributed by atoms with Crippen LogP contribution < -0.4 is 14.8 Å². The molecule has 10 nitrogen and oxygen atoms in total. The molecule has 0 aliphatic heterocycles. The summed E-state index contributed by atoms with van der Waals surface area (Å²) in [4.78, 5) is 22.4. The predicted octanol–water partition coefficient (Wildman–Crippen LogP) is 3.95. The molecule has 0 atom stereocenters. The fourth-order valence-corrected chi connectivity index (χ4v) is 2.97. The van der Waals surface area contributed by atoms with Crippen LogP contribution in [-0.4, -0.2) is 33.9 Å². The number of thioether (sulfide) groups is 1. The van der Waals surface area contributed by atoms with Gasteiger partial charge in [-0.1, -0.05) is 29.4 Å². The van der Waals surface area contributed by atoms with Crippen LogP contribution in [-0.2, 0) is 11.4 Å². The number of anilines is 1. The Bertz CT molecular complexity index is 1060. The molecule has 12 heteroatoms. The molecular weight excluding hydrogens is 436 g/mol. The van der Waals surface area contributed by atoms with Crippen molar-refractivity contribution in [2.75, 3.05) is 18.2 Å². The molecule has 3 rings (SSSR count). The van der Waals surface area contributed by atoms with Crippen molar-refractivity contribution in [1.82, 2.24) is 10.2 Å². The summed E-state index contributed by atoms with van der Waals surface area (Å²) in [5.74, 6) is 0.980. The Hall–Kier alpha value is -3.31. The Morgan fingerprint density at radius 2 is 2.07 bits per heavy atom. The predicted molar refractivity (Wildman–Crippen MR) is 109 cm³/mol. The second-order valence-electron chi connectivity index (χ2n) is 5.69. The molecule has 30 heavy (non-hydrogen) atoms. The van der Waals surface area contributed by atoms with E-state index in [-0.39, 0.29) is 39.9 Å². The number of hydrogen-bond acceptors (Lipinski definition) is 9. The summed E-state index contributed by atoms with van der Waals surface area (Å²) in [5.41, 5.74) is -0.0330. The molecule has 0 saturated carbocycles. The van der Waals surface area contributed by atoms with Crippen LogP contribution in [0.5, 0.6) is 11.5 Å². The topological polar surface area (TPSA) is 130 Å². The van der Waals surface area contributed by atoms with Crippen molar-refractivity contribution in [2.45, 2.75) is 11.8 Å². The SMILES string of the molecule is COc1cccc(OCc2nnc(SCC(=O)Nc3cc([N+](=O)[O-])ccc3Cl)o2)c1. The number of hydrogen-bond donors (Lipinski definition) is 1. The van der Waals surface area contributed by atoms with Gasteiger partial charge in [0.15, 0.2) is 6.61 Å². The van der Waals surface area contributed by atoms with E-state index in [0.717, 1.165) is 11.8 Å². The van der Waals surface area contributed by atoms with Crippen molar-refractivity contribution < 1.29 is 23.6 Å². The molecule has 0 saturated heterocycles. The van der Waals surface area contributed by atoms with Gasteiger partial charge < -0.3 is 19.2 Å². The number of aromatic nitrogens is 2. The number of non-ortho nitro benzene ring substituents is 1. The number of nitro benzene ring substituents is 1. The van der Waals surface area contributed by atoms with Crippen molar-refractivity contribution >= 4 is 40.6 Å². The number of amides is 1. The van der Waals surface area contributed by atoms with E-state index >= 15 is 0 Å². The average molecular weight is 451 g/mol. The van der Waals surface area contributed by atoms with Gasteiger partial charge >= 0.3 is 0 Å². The lowest BCUT2D eigenvalue weighted by Gasteiger charge is -2.06. The van der Waals surface area contributed by atoms with E-state index in [1.54, 1.807) is 31.4 Å². The summed E-state index contributed by atoms with van der Waals surface area (Å²) in [5, 5.41) is 21.4. The number of carbonyl (C=O) groups is 1. The lowest BCUT2D eigenvalue weighted by atomic mass is 10.3. The third kappa shape index (κ3) is 5.84. The maximum Gasteiger partial charge on any atom is 0.277 e. The highest BCUT2D eigenvalue weighted by Crippen LogP contribution is 2.27. The number of methoxy groups -OCH3 is 1. The van der Waals surface area contributed by atoms with Crippen LogP contribution in [0.3, 0.4) is 0 Å². The molecule has 1 N–H and O–H groups in total. The third-order valence-corrected chi connectivity index (χ3v) is 4.76. The smallest absolute Gasteiger partial charge is 0.277 e. The van der Waals surface area contributed by atoms with E-state index < -0.39 is 10.8 Å². The molecule has 0 radical (unpaired) electrons. The summed E-state index contributed by atoms with van der Waals surface area (Å²) in [7, 11) is 1.56. The second-order valence-corrected chi connectivity index (χ2v) is 7.02. The zero-order valence-corrected chi connectivity index (χ0v) is 17.1. The normalized spacial score (nSPS) is 10.5. The van der Waals surface area contributed by atoms with Gasteiger partial charge in [-0.3, -0.25) is 14.9 Å². The Morgan fingerprint density at radius 1 is 1.27 bits per heavy atom. The molecule has 0 aliphatic rings. The van der Waals surface area contributed by atoms with Crippen molar-refractivity contribution in [3.8, 4) is 11.5 Å². The number of carbonyl (C=O) groups excluding carboxylic acids is 1. The lowest BCUT2D eigenvalue weighted by Crippen LogP contribution is -2.14. The van der Waals surface area contributed by atoms with E-state index in [1.807, 2.05) is 0 Å². The first-order valence-corrected chi connectivity index (χ1v) is 9.77. The van der Waals surface area contributed by atoms with Gasteiger partial charge in [0, 0.05) is 18.2 Å². The van der Waals surface area contributed by atoms with Crippen LogP contribution >= 0.6 is 23.4 Å². The van der Waals surface area contributed by atoms with E-state index in [9.17, 15) is 14.9 Å². The lowest BCUT2D eigenvalue weighted by molar-refractivity contribution is -0.384. The number of nitrogens with one attached hydrogen (secondary N) is 1. The number of benzene rings is 2. The zero-order valence-electron chi connectivity index (χ0n) is 15.5. The number of ether oxygens (including phenoxy) is 2. The van der Waals surface area contributed by atoms with Gasteiger partial charge in [0.1, 0.15) is 11.5 Å². The molecule has 1 aromatic heterocycles. The Morgan fingerprint density at radius 3 is 2.83 bits per heavy atom. The average Bonchev–Trinajstić information content (AvgIpc) is 3.20. The molecular formula is C18H15ClN4O6S. The van der Waals surface area contributed by atoms with Gasteiger partial charge in [0.25, 0.3) is 16.8 Å². The standard InChI is InChI=1S/C18H15ClN4O6S/c1-27-12-3-2-4-13(8-12)28-9-17-21-22-18(29-17)30-10-16(24)20-15-7-11(23(25)26)5-6-14(15)19/h2-8H,9-10H2,1H3,(H,20,24). The van der Waals surface area contributed by atoms with Crippen molar-refractivity contribution in [2.24, 2.45) is 0 Å². The first kappa shape index (κ1) is 21.4. The first-order chi connectivity index (χ1) is 14.4. The summed E-state index contributed by atoms with van der Waals surface area (Å²) >= 11 is 6.97. The minimum absolute atomic E-state index is 0.0518. The molecule has 0 spiro atoms. The summed E-state index contributed by atoms with van der Waals surface area (Å²) in [6.07, 6.45) is 0. The van der Waals surface area contributed by atoms with Crippen molar-refractivity contribution in [1.29, 1.82) is 0 Å². The van der Waals surface area contributed by atoms with Crippen LogP contribution in [0.1, 0.15) is 5.89 Å².